The van der Waals surface area contributed by atoms with Gasteiger partial charge in [0.05, 0.1) is 5.76 Å². The van der Waals surface area contributed by atoms with Crippen molar-refractivity contribution in [2.75, 3.05) is 0 Å². The lowest BCUT2D eigenvalue weighted by atomic mass is 10.1. The van der Waals surface area contributed by atoms with Gasteiger partial charge in [-0.15, -0.1) is 0 Å². The van der Waals surface area contributed by atoms with Crippen molar-refractivity contribution in [1.82, 2.24) is 0 Å². The Labute approximate surface area is 109 Å². The molecule has 0 aromatic carbocycles. The molecule has 0 aromatic rings. The van der Waals surface area contributed by atoms with Crippen LogP contribution in [0.2, 0.25) is 0 Å². The van der Waals surface area contributed by atoms with E-state index in [0.717, 1.165) is 16.0 Å². The molecule has 82 valence electrons. The van der Waals surface area contributed by atoms with Crippen molar-refractivity contribution < 1.29 is 4.74 Å². The molecule has 0 N–H and O–H groups in total. The van der Waals surface area contributed by atoms with Crippen molar-refractivity contribution in [2.24, 2.45) is 5.92 Å². The molecule has 0 saturated heterocycles. The third kappa shape index (κ3) is 6.06. The second kappa shape index (κ2) is 6.88. The average molecular weight is 373 g/mol. The van der Waals surface area contributed by atoms with Crippen molar-refractivity contribution in [1.29, 1.82) is 0 Å². The molecule has 1 atom stereocenters. The smallest absolute Gasteiger partial charge is 0.110 e. The maximum Gasteiger partial charge on any atom is 0.110 e. The summed E-state index contributed by atoms with van der Waals surface area (Å²) in [6, 6.07) is 0. The van der Waals surface area contributed by atoms with Gasteiger partial charge >= 0.3 is 0 Å². The van der Waals surface area contributed by atoms with E-state index in [0.29, 0.717) is 9.84 Å². The molecule has 1 unspecified atom stereocenters. The zero-order valence-corrected chi connectivity index (χ0v) is 13.1. The van der Waals surface area contributed by atoms with E-state index < -0.39 is 0 Å². The maximum absolute atomic E-state index is 5.62. The van der Waals surface area contributed by atoms with Crippen LogP contribution in [0.3, 0.4) is 0 Å². The van der Waals surface area contributed by atoms with Crippen LogP contribution in [0.15, 0.2) is 22.1 Å². The Morgan fingerprint density at radius 3 is 2.14 bits per heavy atom. The SMILES string of the molecule is C/C(Br)=C(\C)O/C(C)=C/C(I)C(C)C. The van der Waals surface area contributed by atoms with Gasteiger partial charge < -0.3 is 4.74 Å². The van der Waals surface area contributed by atoms with Crippen molar-refractivity contribution in [3.63, 3.8) is 0 Å². The summed E-state index contributed by atoms with van der Waals surface area (Å²) in [5.74, 6) is 2.53. The fourth-order valence-corrected chi connectivity index (χ4v) is 1.35. The Hall–Kier alpha value is 0.490. The molecular formula is C11H18BrIO. The quantitative estimate of drug-likeness (QED) is 0.382. The van der Waals surface area contributed by atoms with Crippen LogP contribution < -0.4 is 0 Å². The predicted octanol–water partition coefficient (Wildman–Crippen LogP) is 5.01. The lowest BCUT2D eigenvalue weighted by molar-refractivity contribution is 0.305. The Balaban J connectivity index is 4.35. The van der Waals surface area contributed by atoms with Gasteiger partial charge in [0, 0.05) is 8.41 Å². The van der Waals surface area contributed by atoms with E-state index in [9.17, 15) is 0 Å². The first kappa shape index (κ1) is 14.5. The number of hydrogen-bond donors (Lipinski definition) is 0. The maximum atomic E-state index is 5.62. The first-order valence-corrected chi connectivity index (χ1v) is 6.71. The summed E-state index contributed by atoms with van der Waals surface area (Å²) in [7, 11) is 0. The molecule has 0 radical (unpaired) electrons. The van der Waals surface area contributed by atoms with E-state index in [2.05, 4.69) is 58.4 Å². The van der Waals surface area contributed by atoms with E-state index in [-0.39, 0.29) is 0 Å². The van der Waals surface area contributed by atoms with Crippen LogP contribution in [0.5, 0.6) is 0 Å². The van der Waals surface area contributed by atoms with Crippen LogP contribution in [-0.2, 0) is 4.74 Å². The minimum absolute atomic E-state index is 0.524. The highest BCUT2D eigenvalue weighted by atomic mass is 127. The molecule has 1 nitrogen and oxygen atoms in total. The van der Waals surface area contributed by atoms with Gasteiger partial charge in [0.15, 0.2) is 0 Å². The predicted molar refractivity (Wildman–Crippen MR) is 74.8 cm³/mol. The molecule has 14 heavy (non-hydrogen) atoms. The van der Waals surface area contributed by atoms with Crippen LogP contribution in [0, 0.1) is 5.92 Å². The lowest BCUT2D eigenvalue weighted by Crippen LogP contribution is -2.04. The number of alkyl halides is 1. The molecule has 0 aliphatic heterocycles. The molecule has 0 amide bonds. The fourth-order valence-electron chi connectivity index (χ4n) is 0.762. The number of hydrogen-bond acceptors (Lipinski definition) is 1. The standard InChI is InChI=1S/C11H18BrIO/c1-7(2)11(13)6-8(3)14-10(5)9(4)12/h6-7,11H,1-5H3/b8-6+,10-9-. The third-order valence-corrected chi connectivity index (χ3v) is 4.19. The Bertz CT molecular complexity index is 240. The topological polar surface area (TPSA) is 9.23 Å². The van der Waals surface area contributed by atoms with Gasteiger partial charge in [0.2, 0.25) is 0 Å². The molecule has 0 aliphatic rings. The second-order valence-corrected chi connectivity index (χ2v) is 6.29. The highest BCUT2D eigenvalue weighted by Crippen LogP contribution is 2.19. The Morgan fingerprint density at radius 2 is 1.79 bits per heavy atom. The molecule has 3 heteroatoms. The zero-order valence-electron chi connectivity index (χ0n) is 9.40. The fraction of sp³-hybridized carbons (Fsp3) is 0.636. The lowest BCUT2D eigenvalue weighted by Gasteiger charge is -2.12. The minimum atomic E-state index is 0.524. The van der Waals surface area contributed by atoms with Gasteiger partial charge in [-0.25, -0.2) is 0 Å². The summed E-state index contributed by atoms with van der Waals surface area (Å²) in [6.07, 6.45) is 2.16. The van der Waals surface area contributed by atoms with Crippen LogP contribution in [0.25, 0.3) is 0 Å². The summed E-state index contributed by atoms with van der Waals surface area (Å²) in [5, 5.41) is 0. The van der Waals surface area contributed by atoms with Crippen LogP contribution in [0.1, 0.15) is 34.6 Å². The summed E-state index contributed by atoms with van der Waals surface area (Å²) in [5.41, 5.74) is 0. The Kier molecular flexibility index (Phi) is 7.12. The number of halogens is 2. The Morgan fingerprint density at radius 1 is 1.29 bits per heavy atom. The van der Waals surface area contributed by atoms with Gasteiger partial charge in [0.25, 0.3) is 0 Å². The second-order valence-electron chi connectivity index (χ2n) is 3.66. The molecule has 0 aliphatic carbocycles. The van der Waals surface area contributed by atoms with E-state index in [4.69, 9.17) is 4.74 Å². The number of allylic oxidation sites excluding steroid dienone is 4. The van der Waals surface area contributed by atoms with Gasteiger partial charge in [0.1, 0.15) is 5.76 Å². The van der Waals surface area contributed by atoms with E-state index in [1.54, 1.807) is 0 Å². The van der Waals surface area contributed by atoms with Gasteiger partial charge in [-0.05, 0) is 32.8 Å². The van der Waals surface area contributed by atoms with Crippen LogP contribution >= 0.6 is 38.5 Å². The molecular weight excluding hydrogens is 355 g/mol. The molecule has 0 spiro atoms. The molecule has 0 aromatic heterocycles. The van der Waals surface area contributed by atoms with Crippen molar-refractivity contribution in [3.8, 4) is 0 Å². The number of rotatable bonds is 4. The number of ether oxygens (including phenoxy) is 1. The van der Waals surface area contributed by atoms with Gasteiger partial charge in [-0.1, -0.05) is 52.4 Å². The van der Waals surface area contributed by atoms with Crippen LogP contribution in [0.4, 0.5) is 0 Å². The van der Waals surface area contributed by atoms with E-state index in [1.807, 2.05) is 20.8 Å². The molecule has 0 saturated carbocycles. The minimum Gasteiger partial charge on any atom is -0.466 e. The zero-order chi connectivity index (χ0) is 11.3. The normalized spacial score (nSPS) is 16.7. The van der Waals surface area contributed by atoms with E-state index in [1.165, 1.54) is 0 Å². The average Bonchev–Trinajstić information content (AvgIpc) is 2.03. The van der Waals surface area contributed by atoms with Gasteiger partial charge in [-0.3, -0.25) is 0 Å². The summed E-state index contributed by atoms with van der Waals surface area (Å²) in [6.45, 7) is 10.3. The van der Waals surface area contributed by atoms with E-state index >= 15 is 0 Å². The molecule has 0 rings (SSSR count). The molecule has 0 bridgehead atoms. The van der Waals surface area contributed by atoms with Crippen LogP contribution in [-0.4, -0.2) is 3.92 Å². The summed E-state index contributed by atoms with van der Waals surface area (Å²) < 4.78 is 7.19. The highest BCUT2D eigenvalue weighted by Gasteiger charge is 2.06. The largest absolute Gasteiger partial charge is 0.466 e. The molecule has 0 heterocycles. The first-order chi connectivity index (χ1) is 6.34. The monoisotopic (exact) mass is 372 g/mol. The van der Waals surface area contributed by atoms with Crippen molar-refractivity contribution in [2.45, 2.75) is 38.5 Å². The first-order valence-electron chi connectivity index (χ1n) is 4.68. The highest BCUT2D eigenvalue weighted by molar-refractivity contribution is 14.1. The summed E-state index contributed by atoms with van der Waals surface area (Å²) >= 11 is 5.82. The molecule has 0 fully saturated rings. The van der Waals surface area contributed by atoms with Crippen molar-refractivity contribution in [3.05, 3.63) is 22.1 Å². The summed E-state index contributed by atoms with van der Waals surface area (Å²) in [4.78, 5) is 0. The van der Waals surface area contributed by atoms with Gasteiger partial charge in [-0.2, -0.15) is 0 Å². The third-order valence-electron chi connectivity index (χ3n) is 1.83. The van der Waals surface area contributed by atoms with Crippen molar-refractivity contribution >= 4 is 38.5 Å².